The topological polar surface area (TPSA) is 58.6 Å². The fraction of sp³-hybridized carbons (Fsp3) is 0.929. The number of hydrogen-bond donors (Lipinski definition) is 2. The second kappa shape index (κ2) is 6.64. The first-order valence-corrected chi connectivity index (χ1v) is 6.51. The maximum atomic E-state index is 11.7. The molecule has 0 rings (SSSR count). The lowest BCUT2D eigenvalue weighted by atomic mass is 9.88. The van der Waals surface area contributed by atoms with Gasteiger partial charge < -0.3 is 15.2 Å². The van der Waals surface area contributed by atoms with E-state index in [0.29, 0.717) is 6.61 Å². The largest absolute Gasteiger partial charge is 0.383 e. The highest BCUT2D eigenvalue weighted by atomic mass is 16.5. The van der Waals surface area contributed by atoms with Crippen LogP contribution in [-0.4, -0.2) is 41.8 Å². The first-order chi connectivity index (χ1) is 7.93. The van der Waals surface area contributed by atoms with Gasteiger partial charge in [-0.3, -0.25) is 4.79 Å². The van der Waals surface area contributed by atoms with Gasteiger partial charge in [-0.25, -0.2) is 0 Å². The fourth-order valence-electron chi connectivity index (χ4n) is 1.71. The van der Waals surface area contributed by atoms with Crippen molar-refractivity contribution in [2.45, 2.75) is 66.2 Å². The van der Waals surface area contributed by atoms with Crippen LogP contribution in [0.3, 0.4) is 0 Å². The summed E-state index contributed by atoms with van der Waals surface area (Å²) in [5.74, 6) is -0.182. The van der Waals surface area contributed by atoms with Gasteiger partial charge in [0, 0.05) is 17.0 Å². The smallest absolute Gasteiger partial charge is 0.168 e. The lowest BCUT2D eigenvalue weighted by Crippen LogP contribution is -2.45. The number of carbonyl (C=O) groups excluding carboxylic acids is 1. The molecule has 0 aromatic carbocycles. The van der Waals surface area contributed by atoms with Crippen molar-refractivity contribution >= 4 is 5.78 Å². The number of Topliss-reactive ketones (excluding diaryl/α,β-unsaturated/α-hetero) is 1. The molecule has 0 aromatic rings. The summed E-state index contributed by atoms with van der Waals surface area (Å²) in [4.78, 5) is 11.7. The van der Waals surface area contributed by atoms with Gasteiger partial charge in [0.15, 0.2) is 5.78 Å². The molecule has 0 aliphatic heterocycles. The predicted molar refractivity (Wildman–Crippen MR) is 73.6 cm³/mol. The number of ether oxygens (including phenoxy) is 1. The van der Waals surface area contributed by atoms with Crippen molar-refractivity contribution in [3.8, 4) is 0 Å². The van der Waals surface area contributed by atoms with E-state index in [1.54, 1.807) is 20.8 Å². The molecule has 0 aliphatic carbocycles. The molecule has 0 unspecified atom stereocenters. The molecule has 2 atom stereocenters. The van der Waals surface area contributed by atoms with Crippen LogP contribution in [0.1, 0.15) is 48.5 Å². The summed E-state index contributed by atoms with van der Waals surface area (Å²) in [5.41, 5.74) is -0.499. The van der Waals surface area contributed by atoms with E-state index in [1.807, 2.05) is 6.92 Å². The van der Waals surface area contributed by atoms with Crippen molar-refractivity contribution in [3.63, 3.8) is 0 Å². The summed E-state index contributed by atoms with van der Waals surface area (Å²) < 4.78 is 5.39. The molecule has 108 valence electrons. The van der Waals surface area contributed by atoms with Crippen molar-refractivity contribution in [1.82, 2.24) is 5.32 Å². The van der Waals surface area contributed by atoms with E-state index < -0.39 is 11.5 Å². The molecule has 0 saturated heterocycles. The molecule has 0 radical (unpaired) electrons. The Balaban J connectivity index is 3.95. The number of ketones is 1. The molecule has 0 aromatic heterocycles. The van der Waals surface area contributed by atoms with E-state index in [-0.39, 0.29) is 24.0 Å². The van der Waals surface area contributed by atoms with E-state index in [9.17, 15) is 9.90 Å². The number of aliphatic hydroxyl groups excluding tert-OH is 1. The fourth-order valence-corrected chi connectivity index (χ4v) is 1.71. The molecule has 0 bridgehead atoms. The van der Waals surface area contributed by atoms with Crippen LogP contribution in [0.2, 0.25) is 0 Å². The highest BCUT2D eigenvalue weighted by Crippen LogP contribution is 2.16. The number of carbonyl (C=O) groups is 1. The number of aliphatic hydroxyl groups is 1. The summed E-state index contributed by atoms with van der Waals surface area (Å²) in [6.45, 7) is 14.2. The average molecular weight is 259 g/mol. The van der Waals surface area contributed by atoms with Crippen LogP contribution in [-0.2, 0) is 9.53 Å². The van der Waals surface area contributed by atoms with E-state index in [2.05, 4.69) is 26.1 Å². The first-order valence-electron chi connectivity index (χ1n) is 6.51. The van der Waals surface area contributed by atoms with Crippen molar-refractivity contribution < 1.29 is 14.6 Å². The molecule has 0 heterocycles. The van der Waals surface area contributed by atoms with E-state index in [1.165, 1.54) is 0 Å². The minimum Gasteiger partial charge on any atom is -0.383 e. The third-order valence-electron chi connectivity index (χ3n) is 2.36. The Morgan fingerprint density at radius 2 is 1.67 bits per heavy atom. The van der Waals surface area contributed by atoms with Gasteiger partial charge in [-0.15, -0.1) is 0 Å². The Morgan fingerprint density at radius 1 is 1.17 bits per heavy atom. The van der Waals surface area contributed by atoms with Gasteiger partial charge in [-0.05, 0) is 27.7 Å². The molecule has 0 aliphatic rings. The second-order valence-electron chi connectivity index (χ2n) is 6.96. The minimum atomic E-state index is -1.04. The van der Waals surface area contributed by atoms with Crippen molar-refractivity contribution in [2.24, 2.45) is 5.41 Å². The monoisotopic (exact) mass is 259 g/mol. The Kier molecular flexibility index (Phi) is 6.47. The van der Waals surface area contributed by atoms with Gasteiger partial charge in [-0.2, -0.15) is 0 Å². The highest BCUT2D eigenvalue weighted by Gasteiger charge is 2.28. The molecule has 18 heavy (non-hydrogen) atoms. The molecule has 4 nitrogen and oxygen atoms in total. The van der Waals surface area contributed by atoms with Crippen LogP contribution in [0.15, 0.2) is 0 Å². The Hall–Kier alpha value is -0.450. The first kappa shape index (κ1) is 17.6. The lowest BCUT2D eigenvalue weighted by Gasteiger charge is -2.26. The van der Waals surface area contributed by atoms with Gasteiger partial charge in [0.1, 0.15) is 6.10 Å². The molecular formula is C14H29NO3. The number of nitrogens with one attached hydrogen (secondary N) is 1. The maximum absolute atomic E-state index is 11.7. The van der Waals surface area contributed by atoms with Crippen LogP contribution in [0.25, 0.3) is 0 Å². The molecule has 0 fully saturated rings. The summed E-state index contributed by atoms with van der Waals surface area (Å²) in [7, 11) is 0. The summed E-state index contributed by atoms with van der Waals surface area (Å²) >= 11 is 0. The summed E-state index contributed by atoms with van der Waals surface area (Å²) in [6.07, 6.45) is -1.04. The maximum Gasteiger partial charge on any atom is 0.168 e. The summed E-state index contributed by atoms with van der Waals surface area (Å²) in [6, 6.07) is 0.182. The van der Waals surface area contributed by atoms with Gasteiger partial charge in [0.2, 0.25) is 0 Å². The van der Waals surface area contributed by atoms with E-state index in [0.717, 1.165) is 0 Å². The Bertz CT molecular complexity index is 263. The zero-order valence-corrected chi connectivity index (χ0v) is 12.8. The van der Waals surface area contributed by atoms with Crippen LogP contribution in [0, 0.1) is 5.41 Å². The molecule has 0 saturated carbocycles. The number of rotatable bonds is 6. The van der Waals surface area contributed by atoms with Crippen LogP contribution in [0.4, 0.5) is 0 Å². The second-order valence-corrected chi connectivity index (χ2v) is 6.96. The minimum absolute atomic E-state index is 0.0304. The zero-order chi connectivity index (χ0) is 14.6. The third kappa shape index (κ3) is 7.80. The predicted octanol–water partition coefficient (Wildman–Crippen LogP) is 1.76. The Labute approximate surface area is 111 Å². The molecular weight excluding hydrogens is 230 g/mol. The van der Waals surface area contributed by atoms with E-state index in [4.69, 9.17) is 4.74 Å². The van der Waals surface area contributed by atoms with Gasteiger partial charge in [0.25, 0.3) is 0 Å². The molecule has 0 spiro atoms. The molecule has 0 amide bonds. The number of hydrogen-bond acceptors (Lipinski definition) is 4. The van der Waals surface area contributed by atoms with Crippen molar-refractivity contribution in [3.05, 3.63) is 0 Å². The third-order valence-corrected chi connectivity index (χ3v) is 2.36. The van der Waals surface area contributed by atoms with Gasteiger partial charge in [0.05, 0.1) is 13.2 Å². The summed E-state index contributed by atoms with van der Waals surface area (Å²) in [5, 5.41) is 13.1. The lowest BCUT2D eigenvalue weighted by molar-refractivity contribution is -0.138. The van der Waals surface area contributed by atoms with Crippen LogP contribution >= 0.6 is 0 Å². The standard InChI is InChI=1S/C14H29NO3/c1-10(15-14(5,6)7)8-18-9-11(16)12(17)13(2,3)4/h10-11,15-16H,8-9H2,1-7H3/t10-,11+/m0/s1. The van der Waals surface area contributed by atoms with Crippen molar-refractivity contribution in [2.75, 3.05) is 13.2 Å². The Morgan fingerprint density at radius 3 is 2.06 bits per heavy atom. The highest BCUT2D eigenvalue weighted by molar-refractivity contribution is 5.87. The SMILES string of the molecule is C[C@@H](COC[C@@H](O)C(=O)C(C)(C)C)NC(C)(C)C. The quantitative estimate of drug-likeness (QED) is 0.763. The van der Waals surface area contributed by atoms with Crippen molar-refractivity contribution in [1.29, 1.82) is 0 Å². The van der Waals surface area contributed by atoms with E-state index >= 15 is 0 Å². The molecule has 2 N–H and O–H groups in total. The van der Waals surface area contributed by atoms with Crippen LogP contribution < -0.4 is 5.32 Å². The zero-order valence-electron chi connectivity index (χ0n) is 12.8. The van der Waals surface area contributed by atoms with Gasteiger partial charge in [-0.1, -0.05) is 20.8 Å². The van der Waals surface area contributed by atoms with Crippen LogP contribution in [0.5, 0.6) is 0 Å². The normalized spacial score (nSPS) is 16.4. The van der Waals surface area contributed by atoms with Gasteiger partial charge >= 0.3 is 0 Å². The average Bonchev–Trinajstić information content (AvgIpc) is 2.11. The molecule has 4 heteroatoms.